The molecule has 100 valence electrons. The molecule has 5 heteroatoms. The van der Waals surface area contributed by atoms with Crippen molar-refractivity contribution in [2.45, 2.75) is 0 Å². The Hall–Kier alpha value is -2.04. The molecule has 3 rings (SSSR count). The Labute approximate surface area is 124 Å². The molecular weight excluding hydrogens is 294 g/mol. The lowest BCUT2D eigenvalue weighted by Gasteiger charge is -2.05. The Balaban J connectivity index is 1.91. The zero-order valence-corrected chi connectivity index (χ0v) is 11.8. The number of halogens is 1. The van der Waals surface area contributed by atoms with Crippen LogP contribution in [0.3, 0.4) is 0 Å². The molecule has 0 fully saturated rings. The number of amides is 1. The summed E-state index contributed by atoms with van der Waals surface area (Å²) in [4.78, 5) is 12.3. The first-order valence-corrected chi connectivity index (χ1v) is 7.17. The second-order valence-corrected chi connectivity index (χ2v) is 5.58. The zero-order chi connectivity index (χ0) is 14.1. The fourth-order valence-electron chi connectivity index (χ4n) is 1.94. The van der Waals surface area contributed by atoms with E-state index < -0.39 is 0 Å². The van der Waals surface area contributed by atoms with Crippen molar-refractivity contribution >= 4 is 44.6 Å². The van der Waals surface area contributed by atoms with Crippen molar-refractivity contribution in [3.05, 3.63) is 58.4 Å². The normalized spacial score (nSPS) is 10.7. The lowest BCUT2D eigenvalue weighted by molar-refractivity contribution is 0.102. The molecular formula is C15H10ClNO2S. The van der Waals surface area contributed by atoms with Crippen LogP contribution < -0.4 is 5.32 Å². The van der Waals surface area contributed by atoms with E-state index in [4.69, 9.17) is 11.6 Å². The molecule has 0 radical (unpaired) electrons. The number of anilines is 1. The van der Waals surface area contributed by atoms with Crippen molar-refractivity contribution < 1.29 is 9.90 Å². The number of benzene rings is 2. The van der Waals surface area contributed by atoms with Crippen LogP contribution in [0.2, 0.25) is 5.02 Å². The average Bonchev–Trinajstić information content (AvgIpc) is 2.87. The number of thiophene rings is 1. The Morgan fingerprint density at radius 3 is 2.80 bits per heavy atom. The van der Waals surface area contributed by atoms with Crippen LogP contribution in [0.5, 0.6) is 5.75 Å². The number of carbonyl (C=O) groups excluding carboxylic acids is 1. The highest BCUT2D eigenvalue weighted by Crippen LogP contribution is 2.28. The number of aromatic hydroxyl groups is 1. The molecule has 0 aliphatic rings. The van der Waals surface area contributed by atoms with Gasteiger partial charge in [-0.2, -0.15) is 0 Å². The standard InChI is InChI=1S/C15H10ClNO2S/c16-12-7-9(5-6-13(12)18)17-15(19)11-8-20-14-4-2-1-3-10(11)14/h1-8,18H,(H,17,19). The number of hydrogen-bond donors (Lipinski definition) is 2. The summed E-state index contributed by atoms with van der Waals surface area (Å²) in [5, 5.41) is 15.1. The van der Waals surface area contributed by atoms with Crippen molar-refractivity contribution in [1.29, 1.82) is 0 Å². The highest BCUT2D eigenvalue weighted by molar-refractivity contribution is 7.17. The third-order valence-electron chi connectivity index (χ3n) is 2.93. The van der Waals surface area contributed by atoms with Crippen LogP contribution in [0.4, 0.5) is 5.69 Å². The molecule has 2 aromatic carbocycles. The minimum atomic E-state index is -0.191. The van der Waals surface area contributed by atoms with E-state index in [1.807, 2.05) is 29.6 Å². The molecule has 1 heterocycles. The summed E-state index contributed by atoms with van der Waals surface area (Å²) in [6, 6.07) is 12.3. The summed E-state index contributed by atoms with van der Waals surface area (Å²) in [5.41, 5.74) is 1.18. The summed E-state index contributed by atoms with van der Waals surface area (Å²) in [5.74, 6) is -0.199. The molecule has 0 saturated heterocycles. The summed E-state index contributed by atoms with van der Waals surface area (Å²) in [7, 11) is 0. The number of nitrogens with one attached hydrogen (secondary N) is 1. The first-order valence-electron chi connectivity index (χ1n) is 5.91. The Morgan fingerprint density at radius 2 is 2.00 bits per heavy atom. The van der Waals surface area contributed by atoms with Gasteiger partial charge in [0.1, 0.15) is 5.75 Å². The van der Waals surface area contributed by atoms with Gasteiger partial charge in [0.05, 0.1) is 10.6 Å². The number of phenolic OH excluding ortho intramolecular Hbond substituents is 1. The molecule has 0 aliphatic carbocycles. The van der Waals surface area contributed by atoms with E-state index in [0.717, 1.165) is 10.1 Å². The van der Waals surface area contributed by atoms with Gasteiger partial charge in [0.2, 0.25) is 0 Å². The van der Waals surface area contributed by atoms with Crippen LogP contribution in [0, 0.1) is 0 Å². The minimum absolute atomic E-state index is 0.00866. The van der Waals surface area contributed by atoms with Crippen LogP contribution in [-0.4, -0.2) is 11.0 Å². The van der Waals surface area contributed by atoms with Crippen molar-refractivity contribution in [2.24, 2.45) is 0 Å². The highest BCUT2D eigenvalue weighted by atomic mass is 35.5. The topological polar surface area (TPSA) is 49.3 Å². The molecule has 2 N–H and O–H groups in total. The molecule has 3 nitrogen and oxygen atoms in total. The first kappa shape index (κ1) is 13.0. The van der Waals surface area contributed by atoms with Gasteiger partial charge in [-0.15, -0.1) is 11.3 Å². The molecule has 1 aromatic heterocycles. The monoisotopic (exact) mass is 303 g/mol. The fourth-order valence-corrected chi connectivity index (χ4v) is 3.06. The van der Waals surface area contributed by atoms with E-state index in [1.54, 1.807) is 6.07 Å². The zero-order valence-electron chi connectivity index (χ0n) is 10.3. The van der Waals surface area contributed by atoms with Gasteiger partial charge in [-0.1, -0.05) is 29.8 Å². The number of carbonyl (C=O) groups is 1. The summed E-state index contributed by atoms with van der Waals surface area (Å²) >= 11 is 7.35. The minimum Gasteiger partial charge on any atom is -0.506 e. The quantitative estimate of drug-likeness (QED) is 0.684. The van der Waals surface area contributed by atoms with Crippen molar-refractivity contribution in [3.63, 3.8) is 0 Å². The van der Waals surface area contributed by atoms with Crippen molar-refractivity contribution in [1.82, 2.24) is 0 Å². The maximum atomic E-state index is 12.3. The molecule has 0 unspecified atom stereocenters. The third-order valence-corrected chi connectivity index (χ3v) is 4.20. The third kappa shape index (κ3) is 2.35. The van der Waals surface area contributed by atoms with Gasteiger partial charge in [0, 0.05) is 21.2 Å². The van der Waals surface area contributed by atoms with Crippen LogP contribution in [0.25, 0.3) is 10.1 Å². The van der Waals surface area contributed by atoms with Gasteiger partial charge >= 0.3 is 0 Å². The second kappa shape index (κ2) is 5.15. The second-order valence-electron chi connectivity index (χ2n) is 4.27. The van der Waals surface area contributed by atoms with Crippen LogP contribution in [0.1, 0.15) is 10.4 Å². The van der Waals surface area contributed by atoms with E-state index >= 15 is 0 Å². The van der Waals surface area contributed by atoms with Crippen molar-refractivity contribution in [2.75, 3.05) is 5.32 Å². The van der Waals surface area contributed by atoms with Crippen LogP contribution in [-0.2, 0) is 0 Å². The number of rotatable bonds is 2. The molecule has 3 aromatic rings. The smallest absolute Gasteiger partial charge is 0.257 e. The molecule has 0 saturated carbocycles. The van der Waals surface area contributed by atoms with Gasteiger partial charge in [0.25, 0.3) is 5.91 Å². The van der Waals surface area contributed by atoms with E-state index in [0.29, 0.717) is 11.3 Å². The van der Waals surface area contributed by atoms with Gasteiger partial charge in [-0.3, -0.25) is 4.79 Å². The molecule has 1 amide bonds. The van der Waals surface area contributed by atoms with Gasteiger partial charge in [0.15, 0.2) is 0 Å². The van der Waals surface area contributed by atoms with Gasteiger partial charge < -0.3 is 10.4 Å². The number of phenols is 1. The van der Waals surface area contributed by atoms with Gasteiger partial charge in [-0.25, -0.2) is 0 Å². The maximum absolute atomic E-state index is 12.3. The summed E-state index contributed by atoms with van der Waals surface area (Å²) < 4.78 is 1.07. The average molecular weight is 304 g/mol. The lowest BCUT2D eigenvalue weighted by atomic mass is 10.1. The molecule has 0 bridgehead atoms. The fraction of sp³-hybridized carbons (Fsp3) is 0. The van der Waals surface area contributed by atoms with E-state index in [2.05, 4.69) is 5.32 Å². The van der Waals surface area contributed by atoms with Gasteiger partial charge in [-0.05, 0) is 24.3 Å². The largest absolute Gasteiger partial charge is 0.506 e. The predicted octanol–water partition coefficient (Wildman–Crippen LogP) is 4.51. The molecule has 20 heavy (non-hydrogen) atoms. The predicted molar refractivity (Wildman–Crippen MR) is 82.9 cm³/mol. The van der Waals surface area contributed by atoms with E-state index in [-0.39, 0.29) is 16.7 Å². The molecule has 0 aliphatic heterocycles. The first-order chi connectivity index (χ1) is 9.65. The summed E-state index contributed by atoms with van der Waals surface area (Å²) in [6.45, 7) is 0. The Kier molecular flexibility index (Phi) is 3.34. The Morgan fingerprint density at radius 1 is 1.20 bits per heavy atom. The summed E-state index contributed by atoms with van der Waals surface area (Å²) in [6.07, 6.45) is 0. The number of fused-ring (bicyclic) bond motifs is 1. The van der Waals surface area contributed by atoms with Crippen molar-refractivity contribution in [3.8, 4) is 5.75 Å². The Bertz CT molecular complexity index is 797. The van der Waals surface area contributed by atoms with E-state index in [9.17, 15) is 9.90 Å². The highest BCUT2D eigenvalue weighted by Gasteiger charge is 2.12. The molecule has 0 spiro atoms. The SMILES string of the molecule is O=C(Nc1ccc(O)c(Cl)c1)c1csc2ccccc12. The maximum Gasteiger partial charge on any atom is 0.257 e. The molecule has 0 atom stereocenters. The van der Waals surface area contributed by atoms with E-state index in [1.165, 1.54) is 23.5 Å². The van der Waals surface area contributed by atoms with Crippen LogP contribution >= 0.6 is 22.9 Å². The van der Waals surface area contributed by atoms with Crippen LogP contribution in [0.15, 0.2) is 47.8 Å². The lowest BCUT2D eigenvalue weighted by Crippen LogP contribution is -2.11. The number of hydrogen-bond acceptors (Lipinski definition) is 3.